The Kier molecular flexibility index (Phi) is 4.24. The van der Waals surface area contributed by atoms with Crippen LogP contribution in [0.1, 0.15) is 28.4 Å². The van der Waals surface area contributed by atoms with Crippen LogP contribution >= 0.6 is 0 Å². The molecule has 2 aromatic rings. The van der Waals surface area contributed by atoms with Crippen molar-refractivity contribution in [3.05, 3.63) is 65.2 Å². The largest absolute Gasteiger partial charge is 0.326 e. The summed E-state index contributed by atoms with van der Waals surface area (Å²) in [5, 5.41) is 6.92. The first kappa shape index (κ1) is 15.7. The van der Waals surface area contributed by atoms with Gasteiger partial charge in [-0.2, -0.15) is 5.10 Å². The Labute approximate surface area is 140 Å². The normalized spacial score (nSPS) is 14.4. The first-order valence-corrected chi connectivity index (χ1v) is 7.58. The van der Waals surface area contributed by atoms with Crippen molar-refractivity contribution in [3.63, 3.8) is 0 Å². The van der Waals surface area contributed by atoms with Crippen LogP contribution in [0.25, 0.3) is 6.08 Å². The monoisotopic (exact) mass is 319 g/mol. The van der Waals surface area contributed by atoms with E-state index in [2.05, 4.69) is 15.8 Å². The number of anilines is 2. The van der Waals surface area contributed by atoms with Crippen molar-refractivity contribution in [1.82, 2.24) is 0 Å². The van der Waals surface area contributed by atoms with Gasteiger partial charge < -0.3 is 5.32 Å². The molecule has 0 spiro atoms. The second-order valence-corrected chi connectivity index (χ2v) is 5.60. The summed E-state index contributed by atoms with van der Waals surface area (Å²) in [5.74, 6) is -0.439. The summed E-state index contributed by atoms with van der Waals surface area (Å²) in [6.07, 6.45) is 3.51. The van der Waals surface area contributed by atoms with Crippen LogP contribution in [0, 0.1) is 6.92 Å². The number of carbonyl (C=O) groups is 2. The van der Waals surface area contributed by atoms with Gasteiger partial charge in [-0.05, 0) is 42.3 Å². The van der Waals surface area contributed by atoms with E-state index in [4.69, 9.17) is 0 Å². The van der Waals surface area contributed by atoms with E-state index in [0.717, 1.165) is 16.8 Å². The molecule has 5 heteroatoms. The minimum atomic E-state index is -0.223. The number of para-hydroxylation sites is 1. The van der Waals surface area contributed by atoms with Gasteiger partial charge in [0, 0.05) is 6.92 Å². The number of hydrogen-bond donors (Lipinski definition) is 2. The molecule has 0 aromatic heterocycles. The fourth-order valence-corrected chi connectivity index (χ4v) is 2.59. The topological polar surface area (TPSA) is 70.6 Å². The number of fused-ring (bicyclic) bond motifs is 1. The molecule has 120 valence electrons. The highest BCUT2D eigenvalue weighted by atomic mass is 16.1. The lowest BCUT2D eigenvalue weighted by Gasteiger charge is -2.17. The first-order chi connectivity index (χ1) is 11.5. The zero-order chi connectivity index (χ0) is 17.1. The molecular weight excluding hydrogens is 302 g/mol. The van der Waals surface area contributed by atoms with Crippen LogP contribution in [0.5, 0.6) is 0 Å². The van der Waals surface area contributed by atoms with Crippen molar-refractivity contribution in [3.8, 4) is 0 Å². The molecule has 24 heavy (non-hydrogen) atoms. The minimum Gasteiger partial charge on any atom is -0.326 e. The zero-order valence-corrected chi connectivity index (χ0v) is 13.5. The first-order valence-electron chi connectivity index (χ1n) is 7.58. The number of Topliss-reactive ketones (excluding diaryl/α,β-unsaturated/α-hetero) is 1. The number of allylic oxidation sites excluding steroid dienone is 1. The number of rotatable bonds is 3. The van der Waals surface area contributed by atoms with E-state index in [0.29, 0.717) is 17.0 Å². The van der Waals surface area contributed by atoms with Crippen LogP contribution < -0.4 is 10.7 Å². The lowest BCUT2D eigenvalue weighted by atomic mass is 9.91. The quantitative estimate of drug-likeness (QED) is 0.849. The average molecular weight is 319 g/mol. The van der Waals surface area contributed by atoms with Gasteiger partial charge in [-0.1, -0.05) is 30.3 Å². The fraction of sp³-hybridized carbons (Fsp3) is 0.105. The molecule has 0 heterocycles. The molecule has 0 saturated heterocycles. The maximum atomic E-state index is 12.8. The van der Waals surface area contributed by atoms with Crippen LogP contribution in [0.4, 0.5) is 11.4 Å². The molecule has 0 atom stereocenters. The number of amides is 1. The Hall–Kier alpha value is -3.21. The van der Waals surface area contributed by atoms with Crippen molar-refractivity contribution in [2.75, 3.05) is 10.7 Å². The van der Waals surface area contributed by atoms with Gasteiger partial charge in [-0.3, -0.25) is 15.0 Å². The van der Waals surface area contributed by atoms with Crippen molar-refractivity contribution < 1.29 is 9.59 Å². The lowest BCUT2D eigenvalue weighted by molar-refractivity contribution is -0.114. The van der Waals surface area contributed by atoms with Crippen LogP contribution in [0.15, 0.2) is 53.6 Å². The van der Waals surface area contributed by atoms with Gasteiger partial charge in [-0.25, -0.2) is 0 Å². The van der Waals surface area contributed by atoms with E-state index < -0.39 is 0 Å². The van der Waals surface area contributed by atoms with Gasteiger partial charge in [-0.15, -0.1) is 0 Å². The third kappa shape index (κ3) is 3.25. The SMILES string of the molecule is CC(=O)Nc1cc(C)cc2c1C(=O)/C(=N\Nc1ccccc1)C=C2. The molecule has 1 aliphatic rings. The van der Waals surface area contributed by atoms with Gasteiger partial charge in [0.2, 0.25) is 11.7 Å². The van der Waals surface area contributed by atoms with Crippen LogP contribution in [0.3, 0.4) is 0 Å². The summed E-state index contributed by atoms with van der Waals surface area (Å²) < 4.78 is 0. The number of nitrogens with one attached hydrogen (secondary N) is 2. The molecule has 1 aliphatic carbocycles. The number of benzene rings is 2. The summed E-state index contributed by atoms with van der Waals surface area (Å²) in [7, 11) is 0. The minimum absolute atomic E-state index is 0.217. The van der Waals surface area contributed by atoms with E-state index >= 15 is 0 Å². The molecule has 0 unspecified atom stereocenters. The van der Waals surface area contributed by atoms with Gasteiger partial charge in [0.05, 0.1) is 16.9 Å². The molecule has 0 bridgehead atoms. The summed E-state index contributed by atoms with van der Waals surface area (Å²) in [6.45, 7) is 3.34. The van der Waals surface area contributed by atoms with E-state index in [9.17, 15) is 9.59 Å². The smallest absolute Gasteiger partial charge is 0.221 e. The van der Waals surface area contributed by atoms with E-state index in [-0.39, 0.29) is 11.7 Å². The predicted octanol–water partition coefficient (Wildman–Crippen LogP) is 3.63. The molecule has 2 aromatic carbocycles. The lowest BCUT2D eigenvalue weighted by Crippen LogP contribution is -2.21. The van der Waals surface area contributed by atoms with Gasteiger partial charge in [0.15, 0.2) is 0 Å². The van der Waals surface area contributed by atoms with Gasteiger partial charge in [0.25, 0.3) is 0 Å². The highest BCUT2D eigenvalue weighted by molar-refractivity contribution is 6.53. The van der Waals surface area contributed by atoms with Crippen molar-refractivity contribution in [2.24, 2.45) is 5.10 Å². The summed E-state index contributed by atoms with van der Waals surface area (Å²) in [4.78, 5) is 24.2. The van der Waals surface area contributed by atoms with Crippen molar-refractivity contribution in [1.29, 1.82) is 0 Å². The van der Waals surface area contributed by atoms with E-state index in [1.165, 1.54) is 6.92 Å². The van der Waals surface area contributed by atoms with Crippen molar-refractivity contribution in [2.45, 2.75) is 13.8 Å². The maximum Gasteiger partial charge on any atom is 0.221 e. The molecule has 0 fully saturated rings. The second-order valence-electron chi connectivity index (χ2n) is 5.60. The Morgan fingerprint density at radius 2 is 1.83 bits per heavy atom. The Balaban J connectivity index is 1.96. The molecule has 0 saturated carbocycles. The highest BCUT2D eigenvalue weighted by Crippen LogP contribution is 2.28. The number of ketones is 1. The molecular formula is C19H17N3O2. The van der Waals surface area contributed by atoms with Gasteiger partial charge >= 0.3 is 0 Å². The molecule has 2 N–H and O–H groups in total. The summed E-state index contributed by atoms with van der Waals surface area (Å²) >= 11 is 0. The zero-order valence-electron chi connectivity index (χ0n) is 13.5. The third-order valence-corrected chi connectivity index (χ3v) is 3.58. The summed E-state index contributed by atoms with van der Waals surface area (Å²) in [5.41, 5.74) is 6.69. The molecule has 0 radical (unpaired) electrons. The second kappa shape index (κ2) is 6.50. The number of hydrogen-bond acceptors (Lipinski definition) is 4. The van der Waals surface area contributed by atoms with Gasteiger partial charge in [0.1, 0.15) is 5.71 Å². The molecule has 1 amide bonds. The van der Waals surface area contributed by atoms with E-state index in [1.54, 1.807) is 12.1 Å². The maximum absolute atomic E-state index is 12.8. The number of aryl methyl sites for hydroxylation is 1. The van der Waals surface area contributed by atoms with Crippen LogP contribution in [-0.4, -0.2) is 17.4 Å². The number of nitrogens with zero attached hydrogens (tertiary/aromatic N) is 1. The third-order valence-electron chi connectivity index (χ3n) is 3.58. The predicted molar refractivity (Wildman–Crippen MR) is 96.3 cm³/mol. The average Bonchev–Trinajstić information content (AvgIpc) is 2.54. The summed E-state index contributed by atoms with van der Waals surface area (Å²) in [6, 6.07) is 13.1. The van der Waals surface area contributed by atoms with Crippen LogP contribution in [0.2, 0.25) is 0 Å². The highest BCUT2D eigenvalue weighted by Gasteiger charge is 2.24. The standard InChI is InChI=1S/C19H17N3O2/c1-12-10-14-8-9-16(22-21-15-6-4-3-5-7-15)19(24)18(14)17(11-12)20-13(2)23/h3-11,21H,1-2H3,(H,20,23)/b22-16-. The van der Waals surface area contributed by atoms with Crippen LogP contribution in [-0.2, 0) is 4.79 Å². The molecule has 5 nitrogen and oxygen atoms in total. The number of hydrazone groups is 1. The Bertz CT molecular complexity index is 868. The molecule has 3 rings (SSSR count). The Morgan fingerprint density at radius 1 is 1.08 bits per heavy atom. The number of carbonyl (C=O) groups excluding carboxylic acids is 2. The fourth-order valence-electron chi connectivity index (χ4n) is 2.59. The van der Waals surface area contributed by atoms with Crippen molar-refractivity contribution >= 4 is 34.9 Å². The Morgan fingerprint density at radius 3 is 2.54 bits per heavy atom. The molecule has 0 aliphatic heterocycles. The van der Waals surface area contributed by atoms with E-state index in [1.807, 2.05) is 49.4 Å².